The molecule has 226 valence electrons. The molecule has 2 fully saturated rings. The van der Waals surface area contributed by atoms with E-state index >= 15 is 0 Å². The quantitative estimate of drug-likeness (QED) is 0.120. The Balaban J connectivity index is 1.79. The van der Waals surface area contributed by atoms with Gasteiger partial charge in [-0.25, -0.2) is 0 Å². The monoisotopic (exact) mass is 600 g/mol. The van der Waals surface area contributed by atoms with Crippen LogP contribution in [0, 0.1) is 18.3 Å². The van der Waals surface area contributed by atoms with Gasteiger partial charge in [0.1, 0.15) is 21.8 Å². The summed E-state index contributed by atoms with van der Waals surface area (Å²) in [4.78, 5) is 31.4. The molecule has 3 rings (SSSR count). The van der Waals surface area contributed by atoms with E-state index in [1.807, 2.05) is 33.8 Å². The zero-order valence-corrected chi connectivity index (χ0v) is 27.3. The highest BCUT2D eigenvalue weighted by Crippen LogP contribution is 2.36. The topological polar surface area (TPSA) is 78.6 Å². The van der Waals surface area contributed by atoms with Crippen LogP contribution < -0.4 is 10.5 Å². The SMILES string of the molecule is CCCCCCCCCCCCN1C(=O)/C(=C\c2c(C)c(C#N)c(=O)n(CCC)c2N2CC(C)OC(C)C2)SC1=S. The van der Waals surface area contributed by atoms with E-state index < -0.39 is 0 Å². The van der Waals surface area contributed by atoms with Crippen molar-refractivity contribution in [2.24, 2.45) is 0 Å². The van der Waals surface area contributed by atoms with E-state index in [-0.39, 0.29) is 29.2 Å². The smallest absolute Gasteiger partial charge is 0.270 e. The first-order valence-electron chi connectivity index (χ1n) is 15.6. The number of anilines is 1. The van der Waals surface area contributed by atoms with E-state index in [2.05, 4.69) is 17.9 Å². The van der Waals surface area contributed by atoms with E-state index in [1.54, 1.807) is 9.47 Å². The predicted octanol–water partition coefficient (Wildman–Crippen LogP) is 7.17. The van der Waals surface area contributed by atoms with Gasteiger partial charge in [0.25, 0.3) is 11.5 Å². The number of thiocarbonyl (C=S) groups is 1. The number of thioether (sulfide) groups is 1. The van der Waals surface area contributed by atoms with Crippen LogP contribution >= 0.6 is 24.0 Å². The Morgan fingerprint density at radius 2 is 1.54 bits per heavy atom. The first-order chi connectivity index (χ1) is 19.7. The fraction of sp³-hybridized carbons (Fsp3) is 0.688. The Morgan fingerprint density at radius 3 is 2.10 bits per heavy atom. The molecule has 9 heteroatoms. The van der Waals surface area contributed by atoms with Crippen LogP contribution in [0.15, 0.2) is 9.70 Å². The molecule has 2 atom stereocenters. The Kier molecular flexibility index (Phi) is 13.4. The lowest BCUT2D eigenvalue weighted by Crippen LogP contribution is -2.48. The van der Waals surface area contributed by atoms with Crippen molar-refractivity contribution in [2.75, 3.05) is 24.5 Å². The zero-order valence-electron chi connectivity index (χ0n) is 25.7. The van der Waals surface area contributed by atoms with Crippen molar-refractivity contribution in [1.82, 2.24) is 9.47 Å². The summed E-state index contributed by atoms with van der Waals surface area (Å²) in [6.45, 7) is 12.5. The number of hydrogen-bond acceptors (Lipinski definition) is 7. The first kappa shape index (κ1) is 33.4. The molecule has 7 nitrogen and oxygen atoms in total. The van der Waals surface area contributed by atoms with Gasteiger partial charge in [-0.2, -0.15) is 5.26 Å². The Morgan fingerprint density at radius 1 is 0.951 bits per heavy atom. The minimum atomic E-state index is -0.278. The van der Waals surface area contributed by atoms with Gasteiger partial charge in [-0.1, -0.05) is 95.6 Å². The molecular formula is C32H48N4O3S2. The number of aromatic nitrogens is 1. The Hall–Kier alpha value is -2.15. The van der Waals surface area contributed by atoms with Crippen molar-refractivity contribution in [1.29, 1.82) is 5.26 Å². The average molecular weight is 601 g/mol. The van der Waals surface area contributed by atoms with Crippen molar-refractivity contribution in [3.05, 3.63) is 31.9 Å². The number of ether oxygens (including phenoxy) is 1. The van der Waals surface area contributed by atoms with Crippen LogP contribution in [0.3, 0.4) is 0 Å². The summed E-state index contributed by atoms with van der Waals surface area (Å²) in [6.07, 6.45) is 15.0. The summed E-state index contributed by atoms with van der Waals surface area (Å²) in [6, 6.07) is 2.13. The fourth-order valence-electron chi connectivity index (χ4n) is 5.85. The van der Waals surface area contributed by atoms with Crippen molar-refractivity contribution >= 4 is 46.1 Å². The van der Waals surface area contributed by atoms with Crippen molar-refractivity contribution in [3.8, 4) is 6.07 Å². The molecule has 2 aliphatic rings. The van der Waals surface area contributed by atoms with Crippen molar-refractivity contribution in [2.45, 2.75) is 124 Å². The third kappa shape index (κ3) is 8.68. The Bertz CT molecular complexity index is 1190. The predicted molar refractivity (Wildman–Crippen MR) is 174 cm³/mol. The second-order valence-electron chi connectivity index (χ2n) is 11.5. The number of hydrogen-bond donors (Lipinski definition) is 0. The summed E-state index contributed by atoms with van der Waals surface area (Å²) in [5.74, 6) is 0.673. The van der Waals surface area contributed by atoms with Gasteiger partial charge in [0.2, 0.25) is 0 Å². The number of unbranched alkanes of at least 4 members (excludes halogenated alkanes) is 9. The van der Waals surface area contributed by atoms with Crippen LogP contribution in [0.2, 0.25) is 0 Å². The third-order valence-corrected chi connectivity index (χ3v) is 9.27. The van der Waals surface area contributed by atoms with Crippen LogP contribution in [0.5, 0.6) is 0 Å². The van der Waals surface area contributed by atoms with Crippen LogP contribution in [0.25, 0.3) is 6.08 Å². The highest BCUT2D eigenvalue weighted by molar-refractivity contribution is 8.26. The molecule has 0 spiro atoms. The lowest BCUT2D eigenvalue weighted by molar-refractivity contribution is -0.122. The molecule has 0 aliphatic carbocycles. The molecule has 0 N–H and O–H groups in total. The van der Waals surface area contributed by atoms with Crippen molar-refractivity contribution in [3.63, 3.8) is 0 Å². The van der Waals surface area contributed by atoms with E-state index in [0.717, 1.165) is 30.6 Å². The van der Waals surface area contributed by atoms with Crippen molar-refractivity contribution < 1.29 is 9.53 Å². The minimum Gasteiger partial charge on any atom is -0.372 e. The van der Waals surface area contributed by atoms with Gasteiger partial charge in [0, 0.05) is 31.7 Å². The lowest BCUT2D eigenvalue weighted by atomic mass is 10.0. The molecule has 1 aromatic heterocycles. The lowest BCUT2D eigenvalue weighted by Gasteiger charge is -2.39. The first-order valence-corrected chi connectivity index (χ1v) is 16.8. The average Bonchev–Trinajstić information content (AvgIpc) is 3.19. The standard InChI is InChI=1S/C32H48N4O3S2/c1-6-8-9-10-11-12-13-14-15-16-18-36-31(38)28(41-32(36)40)19-26-25(5)27(20-33)30(37)35(17-7-2)29(26)34-21-23(3)39-24(4)22-34/h19,23-24H,6-18,21-22H2,1-5H3/b28-19+. The van der Waals surface area contributed by atoms with Crippen LogP contribution in [-0.4, -0.2) is 51.5 Å². The number of carbonyl (C=O) groups is 1. The second kappa shape index (κ2) is 16.5. The highest BCUT2D eigenvalue weighted by atomic mass is 32.2. The molecule has 1 aromatic rings. The maximum atomic E-state index is 13.5. The summed E-state index contributed by atoms with van der Waals surface area (Å²) in [5.41, 5.74) is 1.20. The molecule has 41 heavy (non-hydrogen) atoms. The summed E-state index contributed by atoms with van der Waals surface area (Å²) >= 11 is 6.95. The number of amides is 1. The van der Waals surface area contributed by atoms with Crippen LogP contribution in [0.4, 0.5) is 5.82 Å². The van der Waals surface area contributed by atoms with Crippen LogP contribution in [-0.2, 0) is 16.1 Å². The molecule has 2 saturated heterocycles. The molecule has 1 amide bonds. The molecule has 0 bridgehead atoms. The third-order valence-electron chi connectivity index (χ3n) is 7.90. The number of nitriles is 1. The van der Waals surface area contributed by atoms with Crippen LogP contribution in [0.1, 0.15) is 115 Å². The summed E-state index contributed by atoms with van der Waals surface area (Å²) < 4.78 is 8.26. The molecule has 2 aliphatic heterocycles. The molecule has 0 saturated carbocycles. The Labute approximate surface area is 256 Å². The second-order valence-corrected chi connectivity index (χ2v) is 13.2. The highest BCUT2D eigenvalue weighted by Gasteiger charge is 2.34. The number of morpholine rings is 1. The minimum absolute atomic E-state index is 0.00741. The number of rotatable bonds is 15. The normalized spacial score (nSPS) is 20.3. The van der Waals surface area contributed by atoms with Gasteiger partial charge in [-0.05, 0) is 45.3 Å². The van der Waals surface area contributed by atoms with E-state index in [9.17, 15) is 14.9 Å². The molecule has 2 unspecified atom stereocenters. The number of carbonyl (C=O) groups excluding carboxylic acids is 1. The fourth-order valence-corrected chi connectivity index (χ4v) is 7.14. The van der Waals surface area contributed by atoms with E-state index in [1.165, 1.54) is 63.1 Å². The van der Waals surface area contributed by atoms with Gasteiger partial charge < -0.3 is 9.64 Å². The molecule has 0 aromatic carbocycles. The van der Waals surface area contributed by atoms with Gasteiger partial charge in [0.15, 0.2) is 0 Å². The zero-order chi connectivity index (χ0) is 29.9. The van der Waals surface area contributed by atoms with Gasteiger partial charge in [-0.15, -0.1) is 0 Å². The number of nitrogens with zero attached hydrogens (tertiary/aromatic N) is 4. The summed E-state index contributed by atoms with van der Waals surface area (Å²) in [5, 5.41) is 9.90. The largest absolute Gasteiger partial charge is 0.372 e. The molecule has 3 heterocycles. The van der Waals surface area contributed by atoms with Gasteiger partial charge in [-0.3, -0.25) is 19.1 Å². The maximum absolute atomic E-state index is 13.5. The molecular weight excluding hydrogens is 553 g/mol. The van der Waals surface area contributed by atoms with E-state index in [0.29, 0.717) is 41.0 Å². The number of pyridine rings is 1. The van der Waals surface area contributed by atoms with Gasteiger partial charge in [0.05, 0.1) is 17.1 Å². The maximum Gasteiger partial charge on any atom is 0.270 e. The molecule has 0 radical (unpaired) electrons. The van der Waals surface area contributed by atoms with E-state index in [4.69, 9.17) is 17.0 Å². The van der Waals surface area contributed by atoms with Gasteiger partial charge >= 0.3 is 0 Å². The summed E-state index contributed by atoms with van der Waals surface area (Å²) in [7, 11) is 0.